The first-order chi connectivity index (χ1) is 7.79. The van der Waals surface area contributed by atoms with E-state index in [4.69, 9.17) is 0 Å². The van der Waals surface area contributed by atoms with Crippen LogP contribution in [0.2, 0.25) is 0 Å². The Morgan fingerprint density at radius 2 is 2.06 bits per heavy atom. The van der Waals surface area contributed by atoms with Crippen molar-refractivity contribution in [2.24, 2.45) is 10.9 Å². The zero-order chi connectivity index (χ0) is 11.6. The molecule has 0 spiro atoms. The normalized spacial score (nSPS) is 16.3. The van der Waals surface area contributed by atoms with Crippen molar-refractivity contribution in [3.8, 4) is 0 Å². The maximum Gasteiger partial charge on any atom is 0.156 e. The standard InChI is InChI=1S/C13H26N2S/c1-12(2)8-5-3-4-6-9-14-13-15-10-7-11-16-13/h12H,3-11H2,1-2H3,(H,14,15). The predicted octanol–water partition coefficient (Wildman–Crippen LogP) is 3.68. The lowest BCUT2D eigenvalue weighted by molar-refractivity contribution is 0.519. The van der Waals surface area contributed by atoms with Gasteiger partial charge in [0.15, 0.2) is 5.17 Å². The largest absolute Gasteiger partial charge is 0.365 e. The van der Waals surface area contributed by atoms with Gasteiger partial charge in [0.1, 0.15) is 0 Å². The van der Waals surface area contributed by atoms with Crippen LogP contribution in [-0.4, -0.2) is 24.0 Å². The van der Waals surface area contributed by atoms with Crippen LogP contribution in [0.3, 0.4) is 0 Å². The molecule has 0 saturated heterocycles. The molecule has 0 aromatic heterocycles. The number of thioether (sulfide) groups is 1. The molecule has 0 atom stereocenters. The number of rotatable bonds is 7. The van der Waals surface area contributed by atoms with E-state index in [2.05, 4.69) is 24.2 Å². The molecule has 1 aliphatic heterocycles. The Hall–Kier alpha value is -0.180. The van der Waals surface area contributed by atoms with Crippen LogP contribution in [0.1, 0.15) is 52.4 Å². The first-order valence-corrected chi connectivity index (χ1v) is 7.68. The average molecular weight is 242 g/mol. The molecule has 0 bridgehead atoms. The van der Waals surface area contributed by atoms with E-state index in [0.717, 1.165) is 19.0 Å². The molecule has 0 fully saturated rings. The van der Waals surface area contributed by atoms with E-state index in [9.17, 15) is 0 Å². The van der Waals surface area contributed by atoms with Crippen LogP contribution in [0.4, 0.5) is 0 Å². The van der Waals surface area contributed by atoms with E-state index in [0.29, 0.717) is 0 Å². The maximum absolute atomic E-state index is 4.46. The summed E-state index contributed by atoms with van der Waals surface area (Å²) in [4.78, 5) is 4.46. The van der Waals surface area contributed by atoms with E-state index in [1.165, 1.54) is 49.4 Å². The molecule has 1 rings (SSSR count). The molecule has 0 radical (unpaired) electrons. The molecule has 0 aromatic carbocycles. The summed E-state index contributed by atoms with van der Waals surface area (Å²) < 4.78 is 0. The van der Waals surface area contributed by atoms with Crippen molar-refractivity contribution in [3.63, 3.8) is 0 Å². The van der Waals surface area contributed by atoms with Gasteiger partial charge in [0.25, 0.3) is 0 Å². The summed E-state index contributed by atoms with van der Waals surface area (Å²) in [5.41, 5.74) is 0. The topological polar surface area (TPSA) is 24.4 Å². The molecule has 0 amide bonds. The molecular formula is C13H26N2S. The summed E-state index contributed by atoms with van der Waals surface area (Å²) >= 11 is 1.87. The average Bonchev–Trinajstić information content (AvgIpc) is 2.29. The van der Waals surface area contributed by atoms with Gasteiger partial charge in [0.05, 0.1) is 0 Å². The number of amidine groups is 1. The minimum absolute atomic E-state index is 0.867. The highest BCUT2D eigenvalue weighted by atomic mass is 32.2. The van der Waals surface area contributed by atoms with Crippen LogP contribution in [0, 0.1) is 5.92 Å². The molecule has 2 nitrogen and oxygen atoms in total. The van der Waals surface area contributed by atoms with Crippen molar-refractivity contribution in [2.45, 2.75) is 52.4 Å². The highest BCUT2D eigenvalue weighted by molar-refractivity contribution is 8.13. The van der Waals surface area contributed by atoms with Gasteiger partial charge in [-0.2, -0.15) is 0 Å². The Morgan fingerprint density at radius 1 is 1.25 bits per heavy atom. The van der Waals surface area contributed by atoms with Gasteiger partial charge < -0.3 is 5.32 Å². The van der Waals surface area contributed by atoms with Crippen LogP contribution >= 0.6 is 11.8 Å². The van der Waals surface area contributed by atoms with Gasteiger partial charge in [-0.15, -0.1) is 0 Å². The van der Waals surface area contributed by atoms with Gasteiger partial charge in [-0.3, -0.25) is 4.99 Å². The van der Waals surface area contributed by atoms with Crippen molar-refractivity contribution in [2.75, 3.05) is 18.8 Å². The summed E-state index contributed by atoms with van der Waals surface area (Å²) in [7, 11) is 0. The summed E-state index contributed by atoms with van der Waals surface area (Å²) in [5, 5.41) is 4.61. The quantitative estimate of drug-likeness (QED) is 0.689. The first-order valence-electron chi connectivity index (χ1n) is 6.70. The number of hydrogen-bond acceptors (Lipinski definition) is 3. The van der Waals surface area contributed by atoms with E-state index in [-0.39, 0.29) is 0 Å². The smallest absolute Gasteiger partial charge is 0.156 e. The zero-order valence-corrected chi connectivity index (χ0v) is 11.6. The van der Waals surface area contributed by atoms with Gasteiger partial charge in [-0.1, -0.05) is 51.3 Å². The van der Waals surface area contributed by atoms with Crippen molar-refractivity contribution < 1.29 is 0 Å². The monoisotopic (exact) mass is 242 g/mol. The third-order valence-corrected chi connectivity index (χ3v) is 3.82. The van der Waals surface area contributed by atoms with Crippen molar-refractivity contribution in [1.29, 1.82) is 0 Å². The van der Waals surface area contributed by atoms with Crippen LogP contribution in [0.5, 0.6) is 0 Å². The molecule has 1 aliphatic rings. The van der Waals surface area contributed by atoms with E-state index < -0.39 is 0 Å². The lowest BCUT2D eigenvalue weighted by Crippen LogP contribution is -2.24. The lowest BCUT2D eigenvalue weighted by Gasteiger charge is -2.13. The minimum atomic E-state index is 0.867. The van der Waals surface area contributed by atoms with Crippen molar-refractivity contribution >= 4 is 16.9 Å². The van der Waals surface area contributed by atoms with E-state index in [1.807, 2.05) is 11.8 Å². The fourth-order valence-electron chi connectivity index (χ4n) is 1.79. The molecule has 16 heavy (non-hydrogen) atoms. The Labute approximate surface area is 105 Å². The molecule has 1 heterocycles. The SMILES string of the molecule is CC(C)CCCCCCNC1=NCCCS1. The maximum atomic E-state index is 4.46. The molecule has 0 aromatic rings. The Kier molecular flexibility index (Phi) is 7.73. The highest BCUT2D eigenvalue weighted by Crippen LogP contribution is 2.11. The third-order valence-electron chi connectivity index (χ3n) is 2.78. The van der Waals surface area contributed by atoms with Crippen LogP contribution in [0.25, 0.3) is 0 Å². The van der Waals surface area contributed by atoms with Gasteiger partial charge >= 0.3 is 0 Å². The molecule has 3 heteroatoms. The minimum Gasteiger partial charge on any atom is -0.365 e. The van der Waals surface area contributed by atoms with Gasteiger partial charge in [0.2, 0.25) is 0 Å². The fraction of sp³-hybridized carbons (Fsp3) is 0.923. The number of hydrogen-bond donors (Lipinski definition) is 1. The molecule has 0 saturated carbocycles. The molecular weight excluding hydrogens is 216 g/mol. The van der Waals surface area contributed by atoms with Crippen molar-refractivity contribution in [3.05, 3.63) is 0 Å². The second-order valence-electron chi connectivity index (χ2n) is 4.91. The van der Waals surface area contributed by atoms with Crippen LogP contribution in [0.15, 0.2) is 4.99 Å². The molecule has 0 unspecified atom stereocenters. The summed E-state index contributed by atoms with van der Waals surface area (Å²) in [6.45, 7) is 6.73. The van der Waals surface area contributed by atoms with Gasteiger partial charge in [-0.05, 0) is 18.8 Å². The molecule has 1 N–H and O–H groups in total. The predicted molar refractivity (Wildman–Crippen MR) is 75.3 cm³/mol. The highest BCUT2D eigenvalue weighted by Gasteiger charge is 2.03. The number of nitrogens with one attached hydrogen (secondary N) is 1. The van der Waals surface area contributed by atoms with E-state index >= 15 is 0 Å². The summed E-state index contributed by atoms with van der Waals surface area (Å²) in [6, 6.07) is 0. The summed E-state index contributed by atoms with van der Waals surface area (Å²) in [5.74, 6) is 2.10. The summed E-state index contributed by atoms with van der Waals surface area (Å²) in [6.07, 6.45) is 8.06. The Morgan fingerprint density at radius 3 is 2.75 bits per heavy atom. The second-order valence-corrected chi connectivity index (χ2v) is 6.00. The molecule has 0 aliphatic carbocycles. The molecule has 94 valence electrons. The van der Waals surface area contributed by atoms with Gasteiger partial charge in [-0.25, -0.2) is 0 Å². The second kappa shape index (κ2) is 8.91. The van der Waals surface area contributed by atoms with Gasteiger partial charge in [0, 0.05) is 18.8 Å². The van der Waals surface area contributed by atoms with Crippen LogP contribution in [-0.2, 0) is 0 Å². The first kappa shape index (κ1) is 13.9. The third kappa shape index (κ3) is 7.15. The number of nitrogens with zero attached hydrogens (tertiary/aromatic N) is 1. The fourth-order valence-corrected chi connectivity index (χ4v) is 2.65. The van der Waals surface area contributed by atoms with E-state index in [1.54, 1.807) is 0 Å². The van der Waals surface area contributed by atoms with Crippen LogP contribution < -0.4 is 5.32 Å². The zero-order valence-electron chi connectivity index (χ0n) is 10.8. The number of unbranched alkanes of at least 4 members (excludes halogenated alkanes) is 3. The lowest BCUT2D eigenvalue weighted by atomic mass is 10.0. The number of aliphatic imine (C=N–C) groups is 1. The Bertz CT molecular complexity index is 202. The van der Waals surface area contributed by atoms with Crippen molar-refractivity contribution in [1.82, 2.24) is 5.32 Å². The Balaban J connectivity index is 1.86.